The van der Waals surface area contributed by atoms with Crippen LogP contribution in [-0.2, 0) is 26.1 Å². The number of aliphatic carboxylic acids is 2. The van der Waals surface area contributed by atoms with E-state index in [1.165, 1.54) is 79.3 Å². The molecule has 0 aromatic heterocycles. The van der Waals surface area contributed by atoms with Crippen molar-refractivity contribution in [2.75, 3.05) is 0 Å². The van der Waals surface area contributed by atoms with Gasteiger partial charge in [0.15, 0.2) is 5.25 Å². The summed E-state index contributed by atoms with van der Waals surface area (Å²) in [6.45, 7) is 2.28. The molecule has 0 aliphatic carbocycles. The van der Waals surface area contributed by atoms with Crippen LogP contribution in [0.1, 0.15) is 63.9 Å². The number of rotatable bonds is 12. The average Bonchev–Trinajstić information content (AvgIpc) is 2.59. The van der Waals surface area contributed by atoms with Gasteiger partial charge in [-0.2, -0.15) is 8.42 Å². The molecular weight excluding hydrogens is 395 g/mol. The molecule has 28 heavy (non-hydrogen) atoms. The number of hydrogen-bond acceptors (Lipinski definition) is 4. The van der Waals surface area contributed by atoms with E-state index in [0.717, 1.165) is 0 Å². The second kappa shape index (κ2) is 15.0. The third-order valence-electron chi connectivity index (χ3n) is 4.31. The molecule has 1 unspecified atom stereocenters. The van der Waals surface area contributed by atoms with E-state index in [0.29, 0.717) is 0 Å². The Balaban J connectivity index is 0.000000546. The van der Waals surface area contributed by atoms with Crippen molar-refractivity contribution >= 4 is 52.8 Å². The maximum atomic E-state index is 10.2. The molecule has 0 fully saturated rings. The van der Waals surface area contributed by atoms with Gasteiger partial charge >= 0.3 is 131 Å². The Morgan fingerprint density at radius 3 is 1.96 bits per heavy atom. The summed E-state index contributed by atoms with van der Waals surface area (Å²) in [5, 5.41) is 13.9. The van der Waals surface area contributed by atoms with Crippen LogP contribution in [-0.4, -0.2) is 68.3 Å². The van der Waals surface area contributed by atoms with E-state index in [4.69, 9.17) is 14.8 Å². The van der Waals surface area contributed by atoms with Gasteiger partial charge in [-0.15, -0.1) is 0 Å². The van der Waals surface area contributed by atoms with Crippen LogP contribution in [0.2, 0.25) is 0 Å². The molecule has 0 saturated heterocycles. The van der Waals surface area contributed by atoms with Crippen LogP contribution in [0, 0.1) is 0 Å². The van der Waals surface area contributed by atoms with E-state index in [1.807, 2.05) is 0 Å². The second-order valence-corrected chi connectivity index (χ2v) is 9.41. The summed E-state index contributed by atoms with van der Waals surface area (Å²) in [5.74, 6) is -3.50. The van der Waals surface area contributed by atoms with Crippen molar-refractivity contribution in [3.05, 3.63) is 29.8 Å². The summed E-state index contributed by atoms with van der Waals surface area (Å²) in [6.07, 6.45) is 10.0. The molecule has 7 nitrogen and oxygen atoms in total. The van der Waals surface area contributed by atoms with Gasteiger partial charge in [0.25, 0.3) is 10.1 Å². The molecule has 0 amide bonds. The monoisotopic (exact) mass is 424 g/mol. The molecule has 154 valence electrons. The van der Waals surface area contributed by atoms with Crippen molar-refractivity contribution in [1.82, 2.24) is 0 Å². The standard InChI is InChI=1S/C15H23.C4H6O7S.Na/c1-2-3-4-5-6-7-9-12-15-13-10-8-11-14-15;5-3(6)1-2(4(7)8)12(9,10)11;/h8,10-11,13H,2-7,9,12H2,1H3;2H,1H2,(H,5,6)(H,7,8)(H,9,10,11);. The molecule has 1 aromatic carbocycles. The van der Waals surface area contributed by atoms with Crippen LogP contribution in [0.25, 0.3) is 0 Å². The fraction of sp³-hybridized carbons (Fsp3) is 0.579. The molecule has 0 aliphatic heterocycles. The molecule has 1 aromatic rings. The van der Waals surface area contributed by atoms with Crippen molar-refractivity contribution in [3.8, 4) is 0 Å². The van der Waals surface area contributed by atoms with E-state index in [9.17, 15) is 18.0 Å². The summed E-state index contributed by atoms with van der Waals surface area (Å²) in [7, 11) is -4.84. The van der Waals surface area contributed by atoms with Gasteiger partial charge in [0.1, 0.15) is 0 Å². The number of aryl methyl sites for hydroxylation is 1. The summed E-state index contributed by atoms with van der Waals surface area (Å²) >= 11 is 1.20. The fourth-order valence-corrected chi connectivity index (χ4v) is 3.86. The van der Waals surface area contributed by atoms with Crippen molar-refractivity contribution in [1.29, 1.82) is 0 Å². The summed E-state index contributed by atoms with van der Waals surface area (Å²) in [4.78, 5) is 20.0. The minimum absolute atomic E-state index is 1.16. The Hall–Kier alpha value is -0.930. The molecular formula is C19H29NaO7S. The molecule has 1 atom stereocenters. The number of carboxylic acid groups (broad SMARTS) is 2. The molecule has 3 N–H and O–H groups in total. The Morgan fingerprint density at radius 2 is 1.54 bits per heavy atom. The molecule has 0 aliphatic rings. The van der Waals surface area contributed by atoms with E-state index < -0.39 is 33.7 Å². The van der Waals surface area contributed by atoms with Crippen LogP contribution < -0.4 is 2.81 Å². The van der Waals surface area contributed by atoms with Crippen LogP contribution in [0.3, 0.4) is 0 Å². The van der Waals surface area contributed by atoms with Gasteiger partial charge in [0.05, 0.1) is 6.42 Å². The fourth-order valence-electron chi connectivity index (χ4n) is 2.64. The summed E-state index contributed by atoms with van der Waals surface area (Å²) in [6, 6.07) is 8.93. The topological polar surface area (TPSA) is 129 Å². The zero-order chi connectivity index (χ0) is 21.6. The van der Waals surface area contributed by atoms with E-state index in [1.54, 1.807) is 8.38 Å². The zero-order valence-corrected chi connectivity index (χ0v) is 19.5. The summed E-state index contributed by atoms with van der Waals surface area (Å²) in [5.41, 5.74) is 1.60. The molecule has 1 rings (SSSR count). The first kappa shape index (κ1) is 27.1. The molecule has 0 saturated carbocycles. The maximum absolute atomic E-state index is 10.2. The predicted octanol–water partition coefficient (Wildman–Crippen LogP) is 2.58. The number of benzene rings is 1. The smallest absolute Gasteiger partial charge is 0.325 e. The Kier molecular flexibility index (Phi) is 14.5. The zero-order valence-electron chi connectivity index (χ0n) is 16.6. The Morgan fingerprint density at radius 1 is 1.00 bits per heavy atom. The predicted molar refractivity (Wildman–Crippen MR) is 109 cm³/mol. The van der Waals surface area contributed by atoms with E-state index in [-0.39, 0.29) is 0 Å². The largest absolute Gasteiger partial charge is 0.481 e. The van der Waals surface area contributed by atoms with Gasteiger partial charge < -0.3 is 10.2 Å². The third kappa shape index (κ3) is 13.3. The van der Waals surface area contributed by atoms with Gasteiger partial charge in [-0.1, -0.05) is 0 Å². The number of carbonyl (C=O) groups is 2. The van der Waals surface area contributed by atoms with Crippen molar-refractivity contribution < 1.29 is 32.8 Å². The van der Waals surface area contributed by atoms with Gasteiger partial charge in [0.2, 0.25) is 0 Å². The van der Waals surface area contributed by atoms with E-state index >= 15 is 0 Å². The Labute approximate surface area is 184 Å². The SMILES string of the molecule is CCCCCCCCCc1cccc[c]1[Na].O=C(O)CC(C(=O)O)S(=O)(=O)O. The Bertz CT molecular complexity index is 704. The first-order chi connectivity index (χ1) is 13.1. The molecule has 0 heterocycles. The van der Waals surface area contributed by atoms with Gasteiger partial charge in [-0.25, -0.2) is 0 Å². The first-order valence-corrected chi connectivity index (χ1v) is 12.0. The van der Waals surface area contributed by atoms with Crippen LogP contribution >= 0.6 is 0 Å². The molecule has 0 bridgehead atoms. The first-order valence-electron chi connectivity index (χ1n) is 9.55. The average molecular weight is 424 g/mol. The van der Waals surface area contributed by atoms with Gasteiger partial charge in [-0.05, 0) is 0 Å². The number of carboxylic acids is 2. The number of hydrogen-bond donors (Lipinski definition) is 3. The molecule has 9 heteroatoms. The maximum Gasteiger partial charge on any atom is 0.325 e. The van der Waals surface area contributed by atoms with Crippen LogP contribution in [0.4, 0.5) is 0 Å². The summed E-state index contributed by atoms with van der Waals surface area (Å²) < 4.78 is 30.3. The van der Waals surface area contributed by atoms with Crippen LogP contribution in [0.15, 0.2) is 24.3 Å². The van der Waals surface area contributed by atoms with Crippen molar-refractivity contribution in [2.45, 2.75) is 70.0 Å². The molecule has 0 radical (unpaired) electrons. The third-order valence-corrected chi connectivity index (χ3v) is 6.37. The van der Waals surface area contributed by atoms with Gasteiger partial charge in [0, 0.05) is 0 Å². The molecule has 0 spiro atoms. The quantitative estimate of drug-likeness (QED) is 0.267. The minimum Gasteiger partial charge on any atom is -0.481 e. The van der Waals surface area contributed by atoms with Crippen molar-refractivity contribution in [2.24, 2.45) is 0 Å². The van der Waals surface area contributed by atoms with Gasteiger partial charge in [-0.3, -0.25) is 14.1 Å². The van der Waals surface area contributed by atoms with E-state index in [2.05, 4.69) is 31.2 Å². The number of unbranched alkanes of at least 4 members (excludes halogenated alkanes) is 6. The second-order valence-electron chi connectivity index (χ2n) is 6.74. The van der Waals surface area contributed by atoms with Crippen molar-refractivity contribution in [3.63, 3.8) is 0 Å². The van der Waals surface area contributed by atoms with Crippen LogP contribution in [0.5, 0.6) is 0 Å². The minimum atomic E-state index is -4.84. The normalized spacial score (nSPS) is 12.0.